The molecule has 1 saturated carbocycles. The summed E-state index contributed by atoms with van der Waals surface area (Å²) in [4.78, 5) is 2.17. The van der Waals surface area contributed by atoms with E-state index in [0.29, 0.717) is 13.1 Å². The van der Waals surface area contributed by atoms with Crippen LogP contribution in [0.3, 0.4) is 0 Å². The van der Waals surface area contributed by atoms with Crippen molar-refractivity contribution in [2.45, 2.75) is 38.5 Å². The Morgan fingerprint density at radius 2 is 1.79 bits per heavy atom. The lowest BCUT2D eigenvalue weighted by Crippen LogP contribution is -2.22. The number of hydrazone groups is 1. The molecule has 24 heavy (non-hydrogen) atoms. The minimum absolute atomic E-state index is 0.621. The fourth-order valence-electron chi connectivity index (χ4n) is 3.20. The number of benzene rings is 1. The number of hydrogen-bond acceptors (Lipinski definition) is 5. The van der Waals surface area contributed by atoms with Crippen molar-refractivity contribution < 1.29 is 4.74 Å². The van der Waals surface area contributed by atoms with Crippen LogP contribution in [-0.4, -0.2) is 25.9 Å². The maximum absolute atomic E-state index is 9.42. The second-order valence-electron chi connectivity index (χ2n) is 6.33. The zero-order valence-corrected chi connectivity index (χ0v) is 14.2. The number of anilines is 1. The summed E-state index contributed by atoms with van der Waals surface area (Å²) >= 11 is 0. The molecule has 2 aliphatic rings. The number of nitrogens with one attached hydrogen (secondary N) is 1. The third kappa shape index (κ3) is 3.88. The molecule has 5 nitrogen and oxygen atoms in total. The normalized spacial score (nSPS) is 18.2. The number of hydrogen-bond donors (Lipinski definition) is 1. The molecule has 1 aromatic rings. The van der Waals surface area contributed by atoms with Crippen LogP contribution in [0.25, 0.3) is 0 Å². The maximum atomic E-state index is 9.42. The van der Waals surface area contributed by atoms with Crippen LogP contribution in [0.4, 0.5) is 5.69 Å². The summed E-state index contributed by atoms with van der Waals surface area (Å²) in [5.41, 5.74) is 7.19. The molecule has 0 bridgehead atoms. The number of methoxy groups -OCH3 is 1. The van der Waals surface area contributed by atoms with Gasteiger partial charge in [-0.2, -0.15) is 10.4 Å². The molecular formula is C19H24N4O. The molecular weight excluding hydrogens is 300 g/mol. The Morgan fingerprint density at radius 1 is 1.08 bits per heavy atom. The Labute approximate surface area is 143 Å². The number of rotatable bonds is 4. The summed E-state index contributed by atoms with van der Waals surface area (Å²) in [6.07, 6.45) is 7.20. The first-order valence-corrected chi connectivity index (χ1v) is 8.62. The maximum Gasteiger partial charge on any atom is 0.119 e. The first-order valence-electron chi connectivity index (χ1n) is 8.62. The highest BCUT2D eigenvalue weighted by atomic mass is 16.5. The molecule has 0 atom stereocenters. The monoisotopic (exact) mass is 324 g/mol. The van der Waals surface area contributed by atoms with Crippen LogP contribution in [0.1, 0.15) is 38.5 Å². The quantitative estimate of drug-likeness (QED) is 0.679. The Bertz CT molecular complexity index is 660. The predicted molar refractivity (Wildman–Crippen MR) is 96.1 cm³/mol. The van der Waals surface area contributed by atoms with Crippen molar-refractivity contribution in [1.82, 2.24) is 5.43 Å². The highest BCUT2D eigenvalue weighted by Crippen LogP contribution is 2.25. The molecule has 1 fully saturated rings. The van der Waals surface area contributed by atoms with E-state index < -0.39 is 0 Å². The van der Waals surface area contributed by atoms with E-state index in [1.165, 1.54) is 31.4 Å². The van der Waals surface area contributed by atoms with Crippen LogP contribution in [-0.2, 0) is 0 Å². The van der Waals surface area contributed by atoms with Crippen LogP contribution in [0.2, 0.25) is 0 Å². The fraction of sp³-hybridized carbons (Fsp3) is 0.474. The smallest absolute Gasteiger partial charge is 0.119 e. The first kappa shape index (κ1) is 16.4. The number of nitrogens with zero attached hydrogens (tertiary/aromatic N) is 3. The highest BCUT2D eigenvalue weighted by molar-refractivity contribution is 5.84. The van der Waals surface area contributed by atoms with Gasteiger partial charge in [0.25, 0.3) is 0 Å². The van der Waals surface area contributed by atoms with Crippen molar-refractivity contribution in [2.75, 3.05) is 25.1 Å². The van der Waals surface area contributed by atoms with E-state index in [1.807, 2.05) is 24.3 Å². The summed E-state index contributed by atoms with van der Waals surface area (Å²) in [5, 5.41) is 14.0. The van der Waals surface area contributed by atoms with Gasteiger partial charge in [-0.25, -0.2) is 0 Å². The Balaban J connectivity index is 1.66. The van der Waals surface area contributed by atoms with Crippen molar-refractivity contribution in [3.8, 4) is 11.8 Å². The van der Waals surface area contributed by atoms with Crippen LogP contribution in [0, 0.1) is 11.3 Å². The van der Waals surface area contributed by atoms with Gasteiger partial charge >= 0.3 is 0 Å². The van der Waals surface area contributed by atoms with Crippen molar-refractivity contribution in [3.05, 3.63) is 35.5 Å². The summed E-state index contributed by atoms with van der Waals surface area (Å²) < 4.78 is 5.20. The van der Waals surface area contributed by atoms with E-state index in [9.17, 15) is 5.26 Å². The standard InChI is InChI=1S/C19H24N4O/c1-24-18-10-8-17(9-11-18)23-13-15(12-20)19(14-23)22-21-16-6-4-2-3-5-7-16/h8-11,22H,2-7,13-14H2,1H3. The van der Waals surface area contributed by atoms with Gasteiger partial charge in [-0.1, -0.05) is 12.8 Å². The number of nitriles is 1. The minimum atomic E-state index is 0.621. The minimum Gasteiger partial charge on any atom is -0.497 e. The molecule has 5 heteroatoms. The van der Waals surface area contributed by atoms with E-state index >= 15 is 0 Å². The summed E-state index contributed by atoms with van der Waals surface area (Å²) in [7, 11) is 1.66. The topological polar surface area (TPSA) is 60.6 Å². The first-order chi connectivity index (χ1) is 11.8. The molecule has 0 amide bonds. The lowest BCUT2D eigenvalue weighted by molar-refractivity contribution is 0.415. The zero-order valence-electron chi connectivity index (χ0n) is 14.2. The fourth-order valence-corrected chi connectivity index (χ4v) is 3.20. The third-order valence-corrected chi connectivity index (χ3v) is 4.66. The van der Waals surface area contributed by atoms with Gasteiger partial charge in [0.05, 0.1) is 37.5 Å². The van der Waals surface area contributed by atoms with Gasteiger partial charge in [0.2, 0.25) is 0 Å². The molecule has 1 aliphatic heterocycles. The van der Waals surface area contributed by atoms with Gasteiger partial charge < -0.3 is 9.64 Å². The lowest BCUT2D eigenvalue weighted by atomic mass is 10.2. The van der Waals surface area contributed by atoms with Gasteiger partial charge in [-0.3, -0.25) is 5.43 Å². The molecule has 1 N–H and O–H groups in total. The Hall–Kier alpha value is -2.48. The molecule has 1 heterocycles. The SMILES string of the molecule is COc1ccc(N2CC(C#N)=C(NN=C3CCCCCC3)C2)cc1. The van der Waals surface area contributed by atoms with E-state index in [0.717, 1.165) is 35.5 Å². The molecule has 0 aromatic heterocycles. The largest absolute Gasteiger partial charge is 0.497 e. The van der Waals surface area contributed by atoms with E-state index in [1.54, 1.807) is 7.11 Å². The van der Waals surface area contributed by atoms with Crippen molar-refractivity contribution in [1.29, 1.82) is 5.26 Å². The summed E-state index contributed by atoms with van der Waals surface area (Å²) in [6, 6.07) is 10.2. The van der Waals surface area contributed by atoms with E-state index in [-0.39, 0.29) is 0 Å². The van der Waals surface area contributed by atoms with Crippen LogP contribution >= 0.6 is 0 Å². The lowest BCUT2D eigenvalue weighted by Gasteiger charge is -2.18. The Morgan fingerprint density at radius 3 is 2.42 bits per heavy atom. The Kier molecular flexibility index (Phi) is 5.37. The predicted octanol–water partition coefficient (Wildman–Crippen LogP) is 3.59. The van der Waals surface area contributed by atoms with Gasteiger partial charge in [0.1, 0.15) is 5.75 Å². The molecule has 0 spiro atoms. The molecule has 3 rings (SSSR count). The van der Waals surface area contributed by atoms with E-state index in [4.69, 9.17) is 4.74 Å². The van der Waals surface area contributed by atoms with Crippen LogP contribution in [0.5, 0.6) is 5.75 Å². The van der Waals surface area contributed by atoms with E-state index in [2.05, 4.69) is 21.5 Å². The van der Waals surface area contributed by atoms with Crippen LogP contribution in [0.15, 0.2) is 40.6 Å². The highest BCUT2D eigenvalue weighted by Gasteiger charge is 2.22. The van der Waals surface area contributed by atoms with Gasteiger partial charge in [-0.05, 0) is 49.9 Å². The summed E-state index contributed by atoms with van der Waals surface area (Å²) in [6.45, 7) is 1.31. The van der Waals surface area contributed by atoms with Crippen molar-refractivity contribution >= 4 is 11.4 Å². The zero-order chi connectivity index (χ0) is 16.8. The van der Waals surface area contributed by atoms with Gasteiger partial charge in [0, 0.05) is 11.4 Å². The average molecular weight is 324 g/mol. The molecule has 126 valence electrons. The second kappa shape index (κ2) is 7.87. The van der Waals surface area contributed by atoms with Crippen LogP contribution < -0.4 is 15.1 Å². The van der Waals surface area contributed by atoms with Crippen molar-refractivity contribution in [3.63, 3.8) is 0 Å². The second-order valence-corrected chi connectivity index (χ2v) is 6.33. The van der Waals surface area contributed by atoms with Gasteiger partial charge in [-0.15, -0.1) is 0 Å². The molecule has 0 radical (unpaired) electrons. The van der Waals surface area contributed by atoms with Gasteiger partial charge in [0.15, 0.2) is 0 Å². The molecule has 1 aromatic carbocycles. The van der Waals surface area contributed by atoms with Crippen molar-refractivity contribution in [2.24, 2.45) is 5.10 Å². The third-order valence-electron chi connectivity index (χ3n) is 4.66. The molecule has 1 aliphatic carbocycles. The molecule has 0 saturated heterocycles. The average Bonchev–Trinajstić information content (AvgIpc) is 2.86. The number of ether oxygens (including phenoxy) is 1. The summed E-state index contributed by atoms with van der Waals surface area (Å²) in [5.74, 6) is 0.838. The molecule has 0 unspecified atom stereocenters.